The first-order valence-electron chi connectivity index (χ1n) is 4.66. The van der Waals surface area contributed by atoms with Gasteiger partial charge >= 0.3 is 0 Å². The van der Waals surface area contributed by atoms with Crippen molar-refractivity contribution in [3.63, 3.8) is 0 Å². The van der Waals surface area contributed by atoms with Crippen molar-refractivity contribution in [1.29, 1.82) is 0 Å². The predicted molar refractivity (Wildman–Crippen MR) is 54.2 cm³/mol. The summed E-state index contributed by atoms with van der Waals surface area (Å²) >= 11 is 0. The van der Waals surface area contributed by atoms with Crippen LogP contribution in [0.15, 0.2) is 12.5 Å². The maximum atomic E-state index is 4.39. The Morgan fingerprint density at radius 1 is 1.21 bits per heavy atom. The molecular formula is C10H14N4. The number of nitrogens with zero attached hydrogens (tertiary/aromatic N) is 4. The Bertz CT molecular complexity index is 464. The monoisotopic (exact) mass is 190 g/mol. The van der Waals surface area contributed by atoms with Gasteiger partial charge in [0.25, 0.3) is 0 Å². The molecule has 0 aliphatic carbocycles. The van der Waals surface area contributed by atoms with E-state index in [1.165, 1.54) is 5.56 Å². The molecule has 4 nitrogen and oxygen atoms in total. The number of hydrogen-bond donors (Lipinski definition) is 0. The third-order valence-corrected chi connectivity index (χ3v) is 2.28. The van der Waals surface area contributed by atoms with Gasteiger partial charge in [0, 0.05) is 5.56 Å². The van der Waals surface area contributed by atoms with Crippen LogP contribution in [0.2, 0.25) is 0 Å². The fourth-order valence-electron chi connectivity index (χ4n) is 1.87. The molecule has 2 aromatic heterocycles. The van der Waals surface area contributed by atoms with E-state index < -0.39 is 0 Å². The van der Waals surface area contributed by atoms with Crippen molar-refractivity contribution in [1.82, 2.24) is 19.8 Å². The van der Waals surface area contributed by atoms with Crippen LogP contribution in [0.5, 0.6) is 0 Å². The number of aromatic nitrogens is 4. The number of rotatable bonds is 0. The first-order chi connectivity index (χ1) is 6.50. The van der Waals surface area contributed by atoms with E-state index in [0.717, 1.165) is 11.2 Å². The summed E-state index contributed by atoms with van der Waals surface area (Å²) in [5, 5.41) is 12.1. The lowest BCUT2D eigenvalue weighted by molar-refractivity contribution is 0.591. The second-order valence-corrected chi connectivity index (χ2v) is 4.52. The van der Waals surface area contributed by atoms with Crippen LogP contribution in [-0.4, -0.2) is 19.8 Å². The van der Waals surface area contributed by atoms with Gasteiger partial charge in [-0.1, -0.05) is 20.8 Å². The standard InChI is InChI=1S/C10H14N4/c1-7-9(10(2,3)4)8-5-11-12-6-14(8)13-7/h5-6H,1-4H3. The average molecular weight is 190 g/mol. The van der Waals surface area contributed by atoms with Crippen LogP contribution in [-0.2, 0) is 5.41 Å². The summed E-state index contributed by atoms with van der Waals surface area (Å²) in [7, 11) is 0. The molecule has 0 spiro atoms. The molecule has 0 atom stereocenters. The molecule has 14 heavy (non-hydrogen) atoms. The molecule has 0 saturated heterocycles. The molecule has 0 radical (unpaired) electrons. The Kier molecular flexibility index (Phi) is 1.80. The Morgan fingerprint density at radius 2 is 1.93 bits per heavy atom. The SMILES string of the molecule is Cc1nn2cnncc2c1C(C)(C)C. The maximum absolute atomic E-state index is 4.39. The minimum Gasteiger partial charge on any atom is -0.218 e. The Hall–Kier alpha value is -1.45. The molecule has 0 aromatic carbocycles. The first-order valence-corrected chi connectivity index (χ1v) is 4.66. The Balaban J connectivity index is 2.81. The molecule has 2 rings (SSSR count). The molecule has 4 heteroatoms. The Morgan fingerprint density at radius 3 is 2.57 bits per heavy atom. The van der Waals surface area contributed by atoms with Crippen molar-refractivity contribution in [2.75, 3.05) is 0 Å². The van der Waals surface area contributed by atoms with Crippen molar-refractivity contribution in [3.8, 4) is 0 Å². The van der Waals surface area contributed by atoms with Gasteiger partial charge in [-0.3, -0.25) is 0 Å². The van der Waals surface area contributed by atoms with Crippen molar-refractivity contribution in [3.05, 3.63) is 23.8 Å². The molecule has 2 aromatic rings. The van der Waals surface area contributed by atoms with E-state index in [-0.39, 0.29) is 5.41 Å². The van der Waals surface area contributed by atoms with Crippen molar-refractivity contribution in [2.45, 2.75) is 33.1 Å². The van der Waals surface area contributed by atoms with Gasteiger partial charge in [-0.15, -0.1) is 5.10 Å². The van der Waals surface area contributed by atoms with Gasteiger partial charge in [-0.2, -0.15) is 10.2 Å². The highest BCUT2D eigenvalue weighted by Gasteiger charge is 2.22. The van der Waals surface area contributed by atoms with Gasteiger partial charge in [-0.05, 0) is 12.3 Å². The summed E-state index contributed by atoms with van der Waals surface area (Å²) in [4.78, 5) is 0. The smallest absolute Gasteiger partial charge is 0.140 e. The van der Waals surface area contributed by atoms with Gasteiger partial charge in [0.2, 0.25) is 0 Å². The Labute approximate surface area is 83.0 Å². The highest BCUT2D eigenvalue weighted by atomic mass is 15.3. The van der Waals surface area contributed by atoms with Gasteiger partial charge in [0.05, 0.1) is 17.4 Å². The van der Waals surface area contributed by atoms with E-state index in [9.17, 15) is 0 Å². The van der Waals surface area contributed by atoms with E-state index in [1.807, 2.05) is 6.92 Å². The quantitative estimate of drug-likeness (QED) is 0.635. The van der Waals surface area contributed by atoms with Crippen LogP contribution < -0.4 is 0 Å². The largest absolute Gasteiger partial charge is 0.218 e. The zero-order valence-corrected chi connectivity index (χ0v) is 8.94. The van der Waals surface area contributed by atoms with Crippen molar-refractivity contribution < 1.29 is 0 Å². The zero-order chi connectivity index (χ0) is 10.3. The molecule has 0 saturated carbocycles. The molecular weight excluding hydrogens is 176 g/mol. The molecule has 0 unspecified atom stereocenters. The minimum atomic E-state index is 0.0921. The molecule has 0 N–H and O–H groups in total. The summed E-state index contributed by atoms with van der Waals surface area (Å²) in [5.41, 5.74) is 3.43. The van der Waals surface area contributed by atoms with Gasteiger partial charge < -0.3 is 0 Å². The normalized spacial score (nSPS) is 12.3. The molecule has 0 bridgehead atoms. The molecule has 0 amide bonds. The lowest BCUT2D eigenvalue weighted by Gasteiger charge is -2.17. The molecule has 74 valence electrons. The molecule has 0 aliphatic heterocycles. The summed E-state index contributed by atoms with van der Waals surface area (Å²) in [6, 6.07) is 0. The molecule has 0 aliphatic rings. The van der Waals surface area contributed by atoms with E-state index in [0.29, 0.717) is 0 Å². The molecule has 0 fully saturated rings. The van der Waals surface area contributed by atoms with Crippen LogP contribution in [0.25, 0.3) is 5.52 Å². The number of hydrogen-bond acceptors (Lipinski definition) is 3. The van der Waals surface area contributed by atoms with E-state index in [4.69, 9.17) is 0 Å². The van der Waals surface area contributed by atoms with Crippen molar-refractivity contribution in [2.24, 2.45) is 0 Å². The van der Waals surface area contributed by atoms with Crippen LogP contribution in [0, 0.1) is 6.92 Å². The highest BCUT2D eigenvalue weighted by Crippen LogP contribution is 2.28. The third kappa shape index (κ3) is 1.27. The third-order valence-electron chi connectivity index (χ3n) is 2.28. The van der Waals surface area contributed by atoms with Crippen LogP contribution >= 0.6 is 0 Å². The minimum absolute atomic E-state index is 0.0921. The second-order valence-electron chi connectivity index (χ2n) is 4.52. The van der Waals surface area contributed by atoms with Crippen LogP contribution in [0.1, 0.15) is 32.0 Å². The average Bonchev–Trinajstić information content (AvgIpc) is 2.38. The number of aryl methyl sites for hydroxylation is 1. The zero-order valence-electron chi connectivity index (χ0n) is 8.94. The van der Waals surface area contributed by atoms with Crippen molar-refractivity contribution >= 4 is 5.52 Å². The fraction of sp³-hybridized carbons (Fsp3) is 0.500. The summed E-state index contributed by atoms with van der Waals surface area (Å²) in [6.07, 6.45) is 3.40. The second kappa shape index (κ2) is 2.77. The topological polar surface area (TPSA) is 43.1 Å². The predicted octanol–water partition coefficient (Wildman–Crippen LogP) is 1.73. The maximum Gasteiger partial charge on any atom is 0.140 e. The lowest BCUT2D eigenvalue weighted by Crippen LogP contribution is -2.12. The molecule has 2 heterocycles. The highest BCUT2D eigenvalue weighted by molar-refractivity contribution is 5.57. The summed E-state index contributed by atoms with van der Waals surface area (Å²) in [6.45, 7) is 8.56. The van der Waals surface area contributed by atoms with Gasteiger partial charge in [0.15, 0.2) is 0 Å². The van der Waals surface area contributed by atoms with Crippen LogP contribution in [0.4, 0.5) is 0 Å². The first kappa shape index (κ1) is 9.12. The van der Waals surface area contributed by atoms with E-state index in [1.54, 1.807) is 17.0 Å². The van der Waals surface area contributed by atoms with E-state index in [2.05, 4.69) is 36.1 Å². The fourth-order valence-corrected chi connectivity index (χ4v) is 1.87. The van der Waals surface area contributed by atoms with Gasteiger partial charge in [0.1, 0.15) is 6.33 Å². The number of fused-ring (bicyclic) bond motifs is 1. The van der Waals surface area contributed by atoms with Gasteiger partial charge in [-0.25, -0.2) is 4.52 Å². The van der Waals surface area contributed by atoms with Crippen LogP contribution in [0.3, 0.4) is 0 Å². The lowest BCUT2D eigenvalue weighted by atomic mass is 9.86. The van der Waals surface area contributed by atoms with E-state index >= 15 is 0 Å². The summed E-state index contributed by atoms with van der Waals surface area (Å²) in [5.74, 6) is 0. The summed E-state index contributed by atoms with van der Waals surface area (Å²) < 4.78 is 1.78.